The van der Waals surface area contributed by atoms with E-state index in [1.54, 1.807) is 0 Å². The molecule has 0 spiro atoms. The molecule has 5 aliphatic rings. The van der Waals surface area contributed by atoms with Gasteiger partial charge in [0.05, 0.1) is 6.54 Å². The molecule has 5 rings (SSSR count). The van der Waals surface area contributed by atoms with Gasteiger partial charge in [-0.3, -0.25) is 4.79 Å². The quantitative estimate of drug-likeness (QED) is 0.828. The van der Waals surface area contributed by atoms with E-state index in [4.69, 9.17) is 0 Å². The average Bonchev–Trinajstić information content (AvgIpc) is 3.05. The second kappa shape index (κ2) is 4.00. The van der Waals surface area contributed by atoms with E-state index in [-0.39, 0.29) is 11.4 Å². The molecule has 1 amide bonds. The summed E-state index contributed by atoms with van der Waals surface area (Å²) in [4.78, 5) is 12.0. The summed E-state index contributed by atoms with van der Waals surface area (Å²) in [5.41, 5.74) is 1.30. The first-order chi connectivity index (χ1) is 9.38. The van der Waals surface area contributed by atoms with Crippen molar-refractivity contribution in [3.05, 3.63) is 0 Å². The van der Waals surface area contributed by atoms with Crippen molar-refractivity contribution in [3.63, 3.8) is 0 Å². The molecule has 3 heteroatoms. The molecule has 0 saturated heterocycles. The van der Waals surface area contributed by atoms with Gasteiger partial charge in [0.15, 0.2) is 0 Å². The fraction of sp³-hybridized carbons (Fsp3) is 0.941. The summed E-state index contributed by atoms with van der Waals surface area (Å²) in [6.07, 6.45) is 10.4. The van der Waals surface area contributed by atoms with Gasteiger partial charge in [-0.1, -0.05) is 13.8 Å². The summed E-state index contributed by atoms with van der Waals surface area (Å²) < 4.78 is 0. The number of carbonyl (C=O) groups is 1. The predicted octanol–water partition coefficient (Wildman–Crippen LogP) is 2.60. The van der Waals surface area contributed by atoms with Crippen LogP contribution in [0.3, 0.4) is 0 Å². The Morgan fingerprint density at radius 1 is 1.05 bits per heavy atom. The molecule has 5 fully saturated rings. The van der Waals surface area contributed by atoms with Crippen molar-refractivity contribution in [2.24, 2.45) is 16.7 Å². The number of amides is 1. The van der Waals surface area contributed by atoms with E-state index in [0.717, 1.165) is 5.92 Å². The fourth-order valence-electron chi connectivity index (χ4n) is 6.42. The molecule has 20 heavy (non-hydrogen) atoms. The van der Waals surface area contributed by atoms with E-state index in [9.17, 15) is 4.79 Å². The van der Waals surface area contributed by atoms with E-state index in [2.05, 4.69) is 24.5 Å². The summed E-state index contributed by atoms with van der Waals surface area (Å²) in [6, 6.07) is 0.482. The minimum absolute atomic E-state index is 0.207. The monoisotopic (exact) mass is 276 g/mol. The molecule has 5 saturated carbocycles. The molecule has 2 N–H and O–H groups in total. The number of rotatable bonds is 4. The highest BCUT2D eigenvalue weighted by atomic mass is 16.2. The van der Waals surface area contributed by atoms with Gasteiger partial charge >= 0.3 is 0 Å². The van der Waals surface area contributed by atoms with Crippen LogP contribution in [0.15, 0.2) is 0 Å². The van der Waals surface area contributed by atoms with Crippen LogP contribution in [0, 0.1) is 16.7 Å². The minimum atomic E-state index is 0.207. The Hall–Kier alpha value is -0.570. The topological polar surface area (TPSA) is 41.1 Å². The highest BCUT2D eigenvalue weighted by Gasteiger charge is 2.59. The SMILES string of the molecule is CC12CC3CC(C)(C1)CC(NCC(=O)NC1CC1)(C3)C2. The van der Waals surface area contributed by atoms with Crippen LogP contribution in [-0.2, 0) is 4.79 Å². The van der Waals surface area contributed by atoms with Gasteiger partial charge in [0.1, 0.15) is 0 Å². The van der Waals surface area contributed by atoms with Crippen LogP contribution in [0.5, 0.6) is 0 Å². The third kappa shape index (κ3) is 2.28. The van der Waals surface area contributed by atoms with Crippen LogP contribution in [-0.4, -0.2) is 24.0 Å². The summed E-state index contributed by atoms with van der Waals surface area (Å²) in [5, 5.41) is 6.80. The van der Waals surface area contributed by atoms with Crippen molar-refractivity contribution in [1.82, 2.24) is 10.6 Å². The molecule has 0 radical (unpaired) electrons. The lowest BCUT2D eigenvalue weighted by atomic mass is 9.43. The largest absolute Gasteiger partial charge is 0.352 e. The van der Waals surface area contributed by atoms with Crippen molar-refractivity contribution in [2.75, 3.05) is 6.54 Å². The highest BCUT2D eigenvalue weighted by Crippen LogP contribution is 2.66. The zero-order valence-corrected chi connectivity index (χ0v) is 12.9. The number of nitrogens with one attached hydrogen (secondary N) is 2. The molecular weight excluding hydrogens is 248 g/mol. The van der Waals surface area contributed by atoms with Crippen LogP contribution in [0.4, 0.5) is 0 Å². The molecule has 112 valence electrons. The summed E-state index contributed by atoms with van der Waals surface area (Å²) in [5.74, 6) is 1.10. The van der Waals surface area contributed by atoms with Crippen LogP contribution in [0.1, 0.15) is 65.2 Å². The Kier molecular flexibility index (Phi) is 2.62. The van der Waals surface area contributed by atoms with Crippen LogP contribution < -0.4 is 10.6 Å². The first-order valence-electron chi connectivity index (χ1n) is 8.42. The third-order valence-electron chi connectivity index (χ3n) is 6.19. The lowest BCUT2D eigenvalue weighted by Crippen LogP contribution is -2.65. The first-order valence-corrected chi connectivity index (χ1v) is 8.42. The van der Waals surface area contributed by atoms with E-state index in [1.165, 1.54) is 51.4 Å². The predicted molar refractivity (Wildman–Crippen MR) is 79.3 cm³/mol. The summed E-state index contributed by atoms with van der Waals surface area (Å²) in [6.45, 7) is 5.49. The first kappa shape index (κ1) is 13.1. The van der Waals surface area contributed by atoms with Crippen molar-refractivity contribution < 1.29 is 4.79 Å². The molecule has 3 nitrogen and oxygen atoms in total. The molecule has 0 aromatic rings. The fourth-order valence-corrected chi connectivity index (χ4v) is 6.42. The van der Waals surface area contributed by atoms with Gasteiger partial charge in [0, 0.05) is 11.6 Å². The standard InChI is InChI=1S/C17H28N2O/c1-15-5-12-6-16(2,9-15)11-17(7-12,10-15)18-8-14(20)19-13-3-4-13/h12-13,18H,3-11H2,1-2H3,(H,19,20). The van der Waals surface area contributed by atoms with Gasteiger partial charge in [-0.05, 0) is 68.1 Å². The van der Waals surface area contributed by atoms with Gasteiger partial charge in [0.25, 0.3) is 0 Å². The zero-order valence-electron chi connectivity index (χ0n) is 12.9. The van der Waals surface area contributed by atoms with Gasteiger partial charge < -0.3 is 10.6 Å². The Morgan fingerprint density at radius 2 is 1.70 bits per heavy atom. The lowest BCUT2D eigenvalue weighted by Gasteiger charge is -2.65. The maximum Gasteiger partial charge on any atom is 0.234 e. The molecule has 2 atom stereocenters. The normalized spacial score (nSPS) is 49.4. The number of carbonyl (C=O) groups excluding carboxylic acids is 1. The zero-order chi connectivity index (χ0) is 14.0. The molecule has 0 aliphatic heterocycles. The third-order valence-corrected chi connectivity index (χ3v) is 6.19. The van der Waals surface area contributed by atoms with E-state index in [1.807, 2.05) is 0 Å². The molecule has 5 aliphatic carbocycles. The smallest absolute Gasteiger partial charge is 0.234 e. The van der Waals surface area contributed by atoms with E-state index in [0.29, 0.717) is 23.4 Å². The van der Waals surface area contributed by atoms with Crippen molar-refractivity contribution in [1.29, 1.82) is 0 Å². The Bertz CT molecular complexity index is 424. The van der Waals surface area contributed by atoms with Gasteiger partial charge in [0.2, 0.25) is 5.91 Å². The molecular formula is C17H28N2O. The second-order valence-corrected chi connectivity index (χ2v) is 9.11. The van der Waals surface area contributed by atoms with E-state index >= 15 is 0 Å². The van der Waals surface area contributed by atoms with Crippen molar-refractivity contribution in [2.45, 2.75) is 76.8 Å². The Morgan fingerprint density at radius 3 is 2.25 bits per heavy atom. The van der Waals surface area contributed by atoms with Crippen molar-refractivity contribution >= 4 is 5.91 Å². The number of hydrogen-bond acceptors (Lipinski definition) is 2. The Balaban J connectivity index is 1.45. The maximum atomic E-state index is 12.0. The van der Waals surface area contributed by atoms with Crippen LogP contribution in [0.25, 0.3) is 0 Å². The molecule has 4 bridgehead atoms. The maximum absolute atomic E-state index is 12.0. The van der Waals surface area contributed by atoms with Gasteiger partial charge in [-0.2, -0.15) is 0 Å². The summed E-state index contributed by atoms with van der Waals surface area (Å²) >= 11 is 0. The Labute approximate surface area is 122 Å². The van der Waals surface area contributed by atoms with E-state index < -0.39 is 0 Å². The van der Waals surface area contributed by atoms with Crippen molar-refractivity contribution in [3.8, 4) is 0 Å². The molecule has 2 unspecified atom stereocenters. The number of hydrogen-bond donors (Lipinski definition) is 2. The molecule has 0 heterocycles. The summed E-state index contributed by atoms with van der Waals surface area (Å²) in [7, 11) is 0. The highest BCUT2D eigenvalue weighted by molar-refractivity contribution is 5.78. The second-order valence-electron chi connectivity index (χ2n) is 9.11. The molecule has 0 aromatic carbocycles. The minimum Gasteiger partial charge on any atom is -0.352 e. The van der Waals surface area contributed by atoms with Crippen LogP contribution >= 0.6 is 0 Å². The van der Waals surface area contributed by atoms with Crippen LogP contribution in [0.2, 0.25) is 0 Å². The van der Waals surface area contributed by atoms with Gasteiger partial charge in [-0.15, -0.1) is 0 Å². The average molecular weight is 276 g/mol. The molecule has 0 aromatic heterocycles. The van der Waals surface area contributed by atoms with Gasteiger partial charge in [-0.25, -0.2) is 0 Å². The lowest BCUT2D eigenvalue weighted by molar-refractivity contribution is -0.129.